The average Bonchev–Trinajstić information content (AvgIpc) is 2.93. The van der Waals surface area contributed by atoms with Crippen LogP contribution in [0.25, 0.3) is 22.9 Å². The maximum Gasteiger partial charge on any atom is 0.330 e. The Hall–Kier alpha value is -2.95. The van der Waals surface area contributed by atoms with E-state index in [4.69, 9.17) is 4.74 Å². The van der Waals surface area contributed by atoms with Crippen LogP contribution in [0.4, 0.5) is 0 Å². The fourth-order valence-corrected chi connectivity index (χ4v) is 2.24. The summed E-state index contributed by atoms with van der Waals surface area (Å²) in [4.78, 5) is 15.7. The van der Waals surface area contributed by atoms with E-state index in [9.17, 15) is 4.79 Å². The second-order valence-electron chi connectivity index (χ2n) is 4.62. The number of ether oxygens (including phenoxy) is 1. The lowest BCUT2D eigenvalue weighted by atomic mass is 10.1. The normalized spacial score (nSPS) is 11.1. The number of hydrogen-bond donors (Lipinski definition) is 0. The van der Waals surface area contributed by atoms with Crippen molar-refractivity contribution in [2.24, 2.45) is 0 Å². The Morgan fingerprint density at radius 1 is 1.32 bits per heavy atom. The number of carbonyl (C=O) groups excluding carboxylic acids is 1. The summed E-state index contributed by atoms with van der Waals surface area (Å²) in [6.45, 7) is 2.13. The summed E-state index contributed by atoms with van der Waals surface area (Å²) >= 11 is 0. The quantitative estimate of drug-likeness (QED) is 0.548. The van der Waals surface area contributed by atoms with Gasteiger partial charge < -0.3 is 4.74 Å². The second kappa shape index (κ2) is 6.22. The summed E-state index contributed by atoms with van der Waals surface area (Å²) in [6.07, 6.45) is 8.50. The van der Waals surface area contributed by atoms with Crippen molar-refractivity contribution in [2.45, 2.75) is 6.92 Å². The molecule has 0 aromatic carbocycles. The van der Waals surface area contributed by atoms with Crippen LogP contribution in [0.5, 0.6) is 0 Å². The van der Waals surface area contributed by atoms with Crippen molar-refractivity contribution in [2.75, 3.05) is 6.61 Å². The van der Waals surface area contributed by atoms with E-state index in [2.05, 4.69) is 10.1 Å². The van der Waals surface area contributed by atoms with Gasteiger partial charge in [0, 0.05) is 35.8 Å². The molecule has 3 rings (SSSR count). The molecule has 5 nitrogen and oxygen atoms in total. The monoisotopic (exact) mass is 293 g/mol. The summed E-state index contributed by atoms with van der Waals surface area (Å²) < 4.78 is 6.72. The number of nitrogens with zero attached hydrogens (tertiary/aromatic N) is 3. The van der Waals surface area contributed by atoms with E-state index in [0.717, 1.165) is 22.3 Å². The first kappa shape index (κ1) is 14.0. The van der Waals surface area contributed by atoms with Gasteiger partial charge in [0.2, 0.25) is 0 Å². The highest BCUT2D eigenvalue weighted by Crippen LogP contribution is 2.26. The summed E-state index contributed by atoms with van der Waals surface area (Å²) in [6, 6.07) is 9.60. The molecule has 22 heavy (non-hydrogen) atoms. The SMILES string of the molecule is CCOC(=O)/C=C/c1c(-c2cccnc2)nn2ccccc12. The van der Waals surface area contributed by atoms with E-state index in [1.807, 2.05) is 36.5 Å². The molecule has 0 spiro atoms. The molecule has 3 aromatic heterocycles. The molecule has 3 aromatic rings. The molecule has 0 unspecified atom stereocenters. The molecule has 0 saturated heterocycles. The third-order valence-electron chi connectivity index (χ3n) is 3.19. The fourth-order valence-electron chi connectivity index (χ4n) is 2.24. The summed E-state index contributed by atoms with van der Waals surface area (Å²) in [7, 11) is 0. The largest absolute Gasteiger partial charge is 0.463 e. The van der Waals surface area contributed by atoms with E-state index < -0.39 is 0 Å². The molecule has 0 atom stereocenters. The van der Waals surface area contributed by atoms with Crippen molar-refractivity contribution in [3.8, 4) is 11.3 Å². The smallest absolute Gasteiger partial charge is 0.330 e. The Morgan fingerprint density at radius 3 is 3.00 bits per heavy atom. The highest BCUT2D eigenvalue weighted by Gasteiger charge is 2.12. The minimum absolute atomic E-state index is 0.355. The molecule has 0 N–H and O–H groups in total. The van der Waals surface area contributed by atoms with Gasteiger partial charge in [-0.15, -0.1) is 0 Å². The number of carbonyl (C=O) groups is 1. The number of fused-ring (bicyclic) bond motifs is 1. The van der Waals surface area contributed by atoms with Crippen molar-refractivity contribution in [3.63, 3.8) is 0 Å². The number of hydrogen-bond acceptors (Lipinski definition) is 4. The van der Waals surface area contributed by atoms with Crippen molar-refractivity contribution >= 4 is 17.6 Å². The molecule has 0 saturated carbocycles. The molecular weight excluding hydrogens is 278 g/mol. The van der Waals surface area contributed by atoms with Crippen molar-refractivity contribution in [3.05, 3.63) is 60.6 Å². The molecule has 0 bridgehead atoms. The van der Waals surface area contributed by atoms with E-state index in [0.29, 0.717) is 6.61 Å². The summed E-state index contributed by atoms with van der Waals surface area (Å²) in [5.74, 6) is -0.366. The highest BCUT2D eigenvalue weighted by atomic mass is 16.5. The Bertz CT molecular complexity index is 822. The molecule has 0 radical (unpaired) electrons. The summed E-state index contributed by atoms with van der Waals surface area (Å²) in [5.41, 5.74) is 3.46. The highest BCUT2D eigenvalue weighted by molar-refractivity contribution is 5.92. The Labute approximate surface area is 127 Å². The van der Waals surface area contributed by atoms with Crippen LogP contribution < -0.4 is 0 Å². The van der Waals surface area contributed by atoms with Crippen LogP contribution in [0.3, 0.4) is 0 Å². The first-order chi connectivity index (χ1) is 10.8. The van der Waals surface area contributed by atoms with Gasteiger partial charge in [0.05, 0.1) is 12.1 Å². The van der Waals surface area contributed by atoms with Gasteiger partial charge in [-0.25, -0.2) is 9.31 Å². The number of rotatable bonds is 4. The Balaban J connectivity index is 2.12. The summed E-state index contributed by atoms with van der Waals surface area (Å²) in [5, 5.41) is 4.58. The molecular formula is C17H15N3O2. The van der Waals surface area contributed by atoms with Crippen LogP contribution in [0, 0.1) is 0 Å². The zero-order valence-electron chi connectivity index (χ0n) is 12.1. The Morgan fingerprint density at radius 2 is 2.23 bits per heavy atom. The van der Waals surface area contributed by atoms with E-state index in [1.54, 1.807) is 29.9 Å². The predicted molar refractivity (Wildman–Crippen MR) is 84.1 cm³/mol. The predicted octanol–water partition coefficient (Wildman–Crippen LogP) is 2.97. The van der Waals surface area contributed by atoms with Crippen molar-refractivity contribution < 1.29 is 9.53 Å². The first-order valence-electron chi connectivity index (χ1n) is 7.02. The zero-order valence-corrected chi connectivity index (χ0v) is 12.1. The molecule has 0 aliphatic rings. The van der Waals surface area contributed by atoms with Gasteiger partial charge in [-0.2, -0.15) is 5.10 Å². The third-order valence-corrected chi connectivity index (χ3v) is 3.19. The van der Waals surface area contributed by atoms with E-state index in [-0.39, 0.29) is 5.97 Å². The fraction of sp³-hybridized carbons (Fsp3) is 0.118. The molecule has 0 fully saturated rings. The zero-order chi connectivity index (χ0) is 15.4. The Kier molecular flexibility index (Phi) is 3.96. The molecule has 0 aliphatic carbocycles. The number of esters is 1. The van der Waals surface area contributed by atoms with Crippen LogP contribution in [-0.2, 0) is 9.53 Å². The second-order valence-corrected chi connectivity index (χ2v) is 4.62. The maximum atomic E-state index is 11.6. The van der Waals surface area contributed by atoms with Crippen LogP contribution in [0.15, 0.2) is 55.0 Å². The van der Waals surface area contributed by atoms with E-state index in [1.165, 1.54) is 6.08 Å². The van der Waals surface area contributed by atoms with Gasteiger partial charge in [0.1, 0.15) is 5.69 Å². The number of aromatic nitrogens is 3. The van der Waals surface area contributed by atoms with Gasteiger partial charge in [-0.05, 0) is 37.3 Å². The van der Waals surface area contributed by atoms with Gasteiger partial charge in [-0.1, -0.05) is 6.07 Å². The van der Waals surface area contributed by atoms with Gasteiger partial charge >= 0.3 is 5.97 Å². The van der Waals surface area contributed by atoms with Crippen LogP contribution in [-0.4, -0.2) is 27.2 Å². The van der Waals surface area contributed by atoms with Gasteiger partial charge in [0.15, 0.2) is 0 Å². The van der Waals surface area contributed by atoms with Crippen LogP contribution >= 0.6 is 0 Å². The molecule has 110 valence electrons. The van der Waals surface area contributed by atoms with Gasteiger partial charge in [-0.3, -0.25) is 4.98 Å². The van der Waals surface area contributed by atoms with Gasteiger partial charge in [0.25, 0.3) is 0 Å². The van der Waals surface area contributed by atoms with Crippen molar-refractivity contribution in [1.29, 1.82) is 0 Å². The number of pyridine rings is 2. The average molecular weight is 293 g/mol. The maximum absolute atomic E-state index is 11.6. The lowest BCUT2D eigenvalue weighted by molar-refractivity contribution is -0.137. The molecule has 3 heterocycles. The first-order valence-corrected chi connectivity index (χ1v) is 7.02. The minimum atomic E-state index is -0.366. The molecule has 5 heteroatoms. The van der Waals surface area contributed by atoms with E-state index >= 15 is 0 Å². The van der Waals surface area contributed by atoms with Crippen LogP contribution in [0.1, 0.15) is 12.5 Å². The molecule has 0 amide bonds. The van der Waals surface area contributed by atoms with Crippen molar-refractivity contribution in [1.82, 2.24) is 14.6 Å². The topological polar surface area (TPSA) is 56.5 Å². The third kappa shape index (κ3) is 2.74. The lowest BCUT2D eigenvalue weighted by Crippen LogP contribution is -1.98. The standard InChI is InChI=1S/C17H15N3O2/c1-2-22-16(21)9-8-14-15-7-3-4-11-20(15)19-17(14)13-6-5-10-18-12-13/h3-12H,2H2,1H3/b9-8+. The minimum Gasteiger partial charge on any atom is -0.463 e. The van der Waals surface area contributed by atoms with Crippen LogP contribution in [0.2, 0.25) is 0 Å². The lowest BCUT2D eigenvalue weighted by Gasteiger charge is -1.98. The molecule has 0 aliphatic heterocycles.